The molecule has 1 aromatic rings. The molecule has 2 N–H and O–H groups in total. The van der Waals surface area contributed by atoms with Crippen molar-refractivity contribution in [1.29, 1.82) is 0 Å². The number of halogens is 1. The van der Waals surface area contributed by atoms with Crippen LogP contribution in [0.25, 0.3) is 0 Å². The number of nitrogens with two attached hydrogens (primary N) is 1. The van der Waals surface area contributed by atoms with Gasteiger partial charge >= 0.3 is 0 Å². The van der Waals surface area contributed by atoms with Gasteiger partial charge in [-0.05, 0) is 31.5 Å². The third-order valence-corrected chi connectivity index (χ3v) is 2.82. The number of carbonyl (C=O) groups is 1. The highest BCUT2D eigenvalue weighted by Gasteiger charge is 2.18. The lowest BCUT2D eigenvalue weighted by molar-refractivity contribution is 0.0741. The van der Waals surface area contributed by atoms with E-state index in [1.54, 1.807) is 11.9 Å². The molecule has 0 saturated heterocycles. The molecule has 0 bridgehead atoms. The number of amides is 1. The molecule has 0 heterocycles. The van der Waals surface area contributed by atoms with E-state index in [0.29, 0.717) is 5.56 Å². The minimum atomic E-state index is -0.430. The number of benzene rings is 1. The third-order valence-electron chi connectivity index (χ3n) is 2.82. The molecule has 16 heavy (non-hydrogen) atoms. The molecule has 1 rings (SSSR count). The summed E-state index contributed by atoms with van der Waals surface area (Å²) >= 11 is 0. The Morgan fingerprint density at radius 2 is 2.19 bits per heavy atom. The van der Waals surface area contributed by atoms with Gasteiger partial charge in [0.1, 0.15) is 5.82 Å². The molecule has 0 aliphatic rings. The number of nitrogen functional groups attached to an aromatic ring is 1. The molecule has 0 saturated carbocycles. The number of rotatable bonds is 3. The van der Waals surface area contributed by atoms with Crippen LogP contribution in [0, 0.1) is 5.82 Å². The van der Waals surface area contributed by atoms with Gasteiger partial charge in [-0.2, -0.15) is 0 Å². The maximum absolute atomic E-state index is 12.8. The molecule has 3 nitrogen and oxygen atoms in total. The number of hydrogen-bond donors (Lipinski definition) is 1. The first-order valence-electron chi connectivity index (χ1n) is 5.29. The Balaban J connectivity index is 2.96. The van der Waals surface area contributed by atoms with Crippen molar-refractivity contribution < 1.29 is 9.18 Å². The SMILES string of the molecule is CCC(C)N(C)C(=O)c1ccc(F)cc1N. The molecule has 0 aliphatic heterocycles. The lowest BCUT2D eigenvalue weighted by atomic mass is 10.1. The average Bonchev–Trinajstić information content (AvgIpc) is 2.26. The van der Waals surface area contributed by atoms with Crippen molar-refractivity contribution in [3.05, 3.63) is 29.6 Å². The number of carbonyl (C=O) groups excluding carboxylic acids is 1. The van der Waals surface area contributed by atoms with Crippen LogP contribution in [0.2, 0.25) is 0 Å². The summed E-state index contributed by atoms with van der Waals surface area (Å²) in [6.07, 6.45) is 0.864. The van der Waals surface area contributed by atoms with Crippen molar-refractivity contribution in [2.45, 2.75) is 26.3 Å². The predicted molar refractivity (Wildman–Crippen MR) is 62.7 cm³/mol. The molecule has 1 unspecified atom stereocenters. The smallest absolute Gasteiger partial charge is 0.255 e. The molecule has 1 amide bonds. The predicted octanol–water partition coefficient (Wildman–Crippen LogP) is 2.28. The van der Waals surface area contributed by atoms with Crippen molar-refractivity contribution in [3.63, 3.8) is 0 Å². The van der Waals surface area contributed by atoms with E-state index < -0.39 is 5.82 Å². The number of hydrogen-bond acceptors (Lipinski definition) is 2. The molecule has 88 valence electrons. The van der Waals surface area contributed by atoms with Gasteiger partial charge in [0.2, 0.25) is 0 Å². The van der Waals surface area contributed by atoms with Crippen LogP contribution in [-0.2, 0) is 0 Å². The summed E-state index contributed by atoms with van der Waals surface area (Å²) in [5, 5.41) is 0. The second-order valence-corrected chi connectivity index (χ2v) is 3.90. The fourth-order valence-corrected chi connectivity index (χ4v) is 1.39. The Kier molecular flexibility index (Phi) is 3.88. The minimum Gasteiger partial charge on any atom is -0.398 e. The Hall–Kier alpha value is -1.58. The first kappa shape index (κ1) is 12.5. The summed E-state index contributed by atoms with van der Waals surface area (Å²) in [5.41, 5.74) is 6.15. The Labute approximate surface area is 95.0 Å². The van der Waals surface area contributed by atoms with Crippen LogP contribution >= 0.6 is 0 Å². The monoisotopic (exact) mass is 224 g/mol. The molecule has 0 radical (unpaired) electrons. The highest BCUT2D eigenvalue weighted by molar-refractivity contribution is 5.99. The molecule has 0 fully saturated rings. The van der Waals surface area contributed by atoms with Crippen LogP contribution in [0.15, 0.2) is 18.2 Å². The maximum Gasteiger partial charge on any atom is 0.255 e. The van der Waals surface area contributed by atoms with Crippen LogP contribution < -0.4 is 5.73 Å². The van der Waals surface area contributed by atoms with E-state index >= 15 is 0 Å². The highest BCUT2D eigenvalue weighted by atomic mass is 19.1. The van der Waals surface area contributed by atoms with Gasteiger partial charge in [0.05, 0.1) is 5.56 Å². The van der Waals surface area contributed by atoms with Gasteiger partial charge in [-0.1, -0.05) is 6.92 Å². The molecule has 1 atom stereocenters. The van der Waals surface area contributed by atoms with Gasteiger partial charge in [-0.3, -0.25) is 4.79 Å². The van der Waals surface area contributed by atoms with E-state index in [1.165, 1.54) is 12.1 Å². The fourth-order valence-electron chi connectivity index (χ4n) is 1.39. The van der Waals surface area contributed by atoms with Gasteiger partial charge in [0.15, 0.2) is 0 Å². The average molecular weight is 224 g/mol. The van der Waals surface area contributed by atoms with Crippen LogP contribution in [0.4, 0.5) is 10.1 Å². The van der Waals surface area contributed by atoms with Crippen LogP contribution in [-0.4, -0.2) is 23.9 Å². The first-order chi connectivity index (χ1) is 7.47. The zero-order valence-corrected chi connectivity index (χ0v) is 9.83. The quantitative estimate of drug-likeness (QED) is 0.801. The first-order valence-corrected chi connectivity index (χ1v) is 5.29. The van der Waals surface area contributed by atoms with Crippen molar-refractivity contribution in [2.75, 3.05) is 12.8 Å². The standard InChI is InChI=1S/C12H17FN2O/c1-4-8(2)15(3)12(16)10-6-5-9(13)7-11(10)14/h5-8H,4,14H2,1-3H3. The van der Waals surface area contributed by atoms with Gasteiger partial charge < -0.3 is 10.6 Å². The van der Waals surface area contributed by atoms with Crippen molar-refractivity contribution >= 4 is 11.6 Å². The highest BCUT2D eigenvalue weighted by Crippen LogP contribution is 2.16. The van der Waals surface area contributed by atoms with Gasteiger partial charge in [-0.25, -0.2) is 4.39 Å². The molecular formula is C12H17FN2O. The summed E-state index contributed by atoms with van der Waals surface area (Å²) in [4.78, 5) is 13.6. The largest absolute Gasteiger partial charge is 0.398 e. The van der Waals surface area contributed by atoms with Crippen molar-refractivity contribution in [3.8, 4) is 0 Å². The molecule has 4 heteroatoms. The van der Waals surface area contributed by atoms with E-state index in [2.05, 4.69) is 0 Å². The van der Waals surface area contributed by atoms with E-state index in [1.807, 2.05) is 13.8 Å². The van der Waals surface area contributed by atoms with E-state index in [9.17, 15) is 9.18 Å². The van der Waals surface area contributed by atoms with E-state index in [0.717, 1.165) is 12.5 Å². The van der Waals surface area contributed by atoms with Gasteiger partial charge in [0.25, 0.3) is 5.91 Å². The van der Waals surface area contributed by atoms with E-state index in [-0.39, 0.29) is 17.6 Å². The summed E-state index contributed by atoms with van der Waals surface area (Å²) in [7, 11) is 1.72. The second-order valence-electron chi connectivity index (χ2n) is 3.90. The van der Waals surface area contributed by atoms with Crippen molar-refractivity contribution in [1.82, 2.24) is 4.90 Å². The minimum absolute atomic E-state index is 0.136. The summed E-state index contributed by atoms with van der Waals surface area (Å²) < 4.78 is 12.8. The molecule has 0 aromatic heterocycles. The number of nitrogens with zero attached hydrogens (tertiary/aromatic N) is 1. The zero-order valence-electron chi connectivity index (χ0n) is 9.83. The Morgan fingerprint density at radius 1 is 1.56 bits per heavy atom. The second kappa shape index (κ2) is 4.96. The Bertz CT molecular complexity index is 393. The normalized spacial score (nSPS) is 12.2. The summed E-state index contributed by atoms with van der Waals surface area (Å²) in [5.74, 6) is -0.605. The summed E-state index contributed by atoms with van der Waals surface area (Å²) in [6.45, 7) is 3.96. The Morgan fingerprint density at radius 3 is 2.69 bits per heavy atom. The van der Waals surface area contributed by atoms with Crippen LogP contribution in [0.5, 0.6) is 0 Å². The summed E-state index contributed by atoms with van der Waals surface area (Å²) in [6, 6.07) is 3.97. The van der Waals surface area contributed by atoms with Crippen LogP contribution in [0.1, 0.15) is 30.6 Å². The fraction of sp³-hybridized carbons (Fsp3) is 0.417. The van der Waals surface area contributed by atoms with Gasteiger partial charge in [0, 0.05) is 18.8 Å². The van der Waals surface area contributed by atoms with Gasteiger partial charge in [-0.15, -0.1) is 0 Å². The van der Waals surface area contributed by atoms with Crippen molar-refractivity contribution in [2.24, 2.45) is 0 Å². The third kappa shape index (κ3) is 2.51. The molecule has 0 aliphatic carbocycles. The molecule has 1 aromatic carbocycles. The molecule has 0 spiro atoms. The lowest BCUT2D eigenvalue weighted by Crippen LogP contribution is -2.35. The maximum atomic E-state index is 12.8. The van der Waals surface area contributed by atoms with Crippen LogP contribution in [0.3, 0.4) is 0 Å². The molecular weight excluding hydrogens is 207 g/mol. The zero-order chi connectivity index (χ0) is 12.3. The lowest BCUT2D eigenvalue weighted by Gasteiger charge is -2.24. The number of anilines is 1. The topological polar surface area (TPSA) is 46.3 Å². The van der Waals surface area contributed by atoms with E-state index in [4.69, 9.17) is 5.73 Å².